The first-order chi connectivity index (χ1) is 8.99. The zero-order valence-electron chi connectivity index (χ0n) is 11.8. The normalized spacial score (nSPS) is 20.8. The van der Waals surface area contributed by atoms with E-state index in [0.29, 0.717) is 12.6 Å². The van der Waals surface area contributed by atoms with E-state index in [4.69, 9.17) is 11.5 Å². The fraction of sp³-hybridized carbons (Fsp3) is 0.833. The van der Waals surface area contributed by atoms with Gasteiger partial charge in [0.15, 0.2) is 0 Å². The summed E-state index contributed by atoms with van der Waals surface area (Å²) in [6.45, 7) is 7.96. The average Bonchev–Trinajstić information content (AvgIpc) is 2.39. The Kier molecular flexibility index (Phi) is 6.20. The van der Waals surface area contributed by atoms with Crippen LogP contribution in [0.5, 0.6) is 0 Å². The predicted molar refractivity (Wildman–Crippen MR) is 73.5 cm³/mol. The van der Waals surface area contributed by atoms with Crippen LogP contribution < -0.4 is 16.8 Å². The zero-order valence-corrected chi connectivity index (χ0v) is 11.8. The Labute approximate surface area is 114 Å². The quantitative estimate of drug-likeness (QED) is 0.590. The summed E-state index contributed by atoms with van der Waals surface area (Å²) in [5.41, 5.74) is 10.7. The molecule has 7 heteroatoms. The molecule has 0 aliphatic carbocycles. The zero-order chi connectivity index (χ0) is 14.4. The summed E-state index contributed by atoms with van der Waals surface area (Å²) in [6.07, 6.45) is 1.04. The number of carbonyl (C=O) groups excluding carboxylic acids is 2. The van der Waals surface area contributed by atoms with Gasteiger partial charge in [0.25, 0.3) is 0 Å². The third-order valence-electron chi connectivity index (χ3n) is 3.78. The summed E-state index contributed by atoms with van der Waals surface area (Å²) >= 11 is 0. The van der Waals surface area contributed by atoms with E-state index < -0.39 is 6.03 Å². The first-order valence-electron chi connectivity index (χ1n) is 6.78. The van der Waals surface area contributed by atoms with Gasteiger partial charge in [0, 0.05) is 38.8 Å². The van der Waals surface area contributed by atoms with Gasteiger partial charge in [-0.1, -0.05) is 6.92 Å². The van der Waals surface area contributed by atoms with E-state index in [2.05, 4.69) is 22.0 Å². The van der Waals surface area contributed by atoms with Gasteiger partial charge in [-0.05, 0) is 13.3 Å². The van der Waals surface area contributed by atoms with E-state index in [-0.39, 0.29) is 11.9 Å². The van der Waals surface area contributed by atoms with Crippen molar-refractivity contribution in [2.24, 2.45) is 11.5 Å². The molecule has 3 amide bonds. The molecule has 0 spiro atoms. The van der Waals surface area contributed by atoms with E-state index in [1.807, 2.05) is 0 Å². The molecule has 0 radical (unpaired) electrons. The lowest BCUT2D eigenvalue weighted by molar-refractivity contribution is -0.125. The molecule has 0 bridgehead atoms. The summed E-state index contributed by atoms with van der Waals surface area (Å²) in [4.78, 5) is 26.8. The van der Waals surface area contributed by atoms with Crippen LogP contribution in [0.15, 0.2) is 0 Å². The van der Waals surface area contributed by atoms with Crippen molar-refractivity contribution in [1.29, 1.82) is 0 Å². The number of nitrogens with two attached hydrogens (primary N) is 2. The van der Waals surface area contributed by atoms with Crippen molar-refractivity contribution in [1.82, 2.24) is 15.1 Å². The molecule has 0 saturated carbocycles. The van der Waals surface area contributed by atoms with E-state index in [0.717, 1.165) is 32.6 Å². The third-order valence-corrected chi connectivity index (χ3v) is 3.78. The highest BCUT2D eigenvalue weighted by molar-refractivity contribution is 5.96. The Morgan fingerprint density at radius 3 is 2.16 bits per heavy atom. The molecule has 2 unspecified atom stereocenters. The summed E-state index contributed by atoms with van der Waals surface area (Å²) < 4.78 is 0. The minimum absolute atomic E-state index is 0.340. The number of primary amides is 1. The summed E-state index contributed by atoms with van der Waals surface area (Å²) in [7, 11) is 0. The molecular formula is C12H25N5O2. The third kappa shape index (κ3) is 4.45. The Morgan fingerprint density at radius 1 is 1.21 bits per heavy atom. The van der Waals surface area contributed by atoms with Crippen molar-refractivity contribution in [3.05, 3.63) is 0 Å². The van der Waals surface area contributed by atoms with Crippen LogP contribution in [-0.2, 0) is 4.79 Å². The highest BCUT2D eigenvalue weighted by Gasteiger charge is 2.28. The Bertz CT molecular complexity index is 311. The van der Waals surface area contributed by atoms with E-state index >= 15 is 0 Å². The number of nitrogens with zero attached hydrogens (tertiary/aromatic N) is 2. The molecule has 5 N–H and O–H groups in total. The SMILES string of the molecule is CCC(CN)N1CCN(C(C)C(=O)NC(N)=O)CC1. The first kappa shape index (κ1) is 15.9. The van der Waals surface area contributed by atoms with Crippen LogP contribution in [0.3, 0.4) is 0 Å². The smallest absolute Gasteiger partial charge is 0.318 e. The molecule has 1 aliphatic rings. The van der Waals surface area contributed by atoms with Crippen LogP contribution in [0.2, 0.25) is 0 Å². The largest absolute Gasteiger partial charge is 0.351 e. The molecule has 7 nitrogen and oxygen atoms in total. The first-order valence-corrected chi connectivity index (χ1v) is 6.78. The maximum absolute atomic E-state index is 11.7. The van der Waals surface area contributed by atoms with Gasteiger partial charge in [-0.2, -0.15) is 0 Å². The average molecular weight is 271 g/mol. The second-order valence-electron chi connectivity index (χ2n) is 4.90. The molecule has 0 aromatic carbocycles. The molecule has 1 rings (SSSR count). The van der Waals surface area contributed by atoms with Gasteiger partial charge < -0.3 is 11.5 Å². The van der Waals surface area contributed by atoms with Gasteiger partial charge in [-0.3, -0.25) is 19.9 Å². The fourth-order valence-corrected chi connectivity index (χ4v) is 2.46. The second-order valence-corrected chi connectivity index (χ2v) is 4.90. The van der Waals surface area contributed by atoms with Crippen molar-refractivity contribution in [3.63, 3.8) is 0 Å². The van der Waals surface area contributed by atoms with Crippen LogP contribution in [0, 0.1) is 0 Å². The van der Waals surface area contributed by atoms with Crippen LogP contribution in [0.25, 0.3) is 0 Å². The highest BCUT2D eigenvalue weighted by Crippen LogP contribution is 2.11. The summed E-state index contributed by atoms with van der Waals surface area (Å²) in [6, 6.07) is -0.728. The predicted octanol–water partition coefficient (Wildman–Crippen LogP) is -1.08. The molecule has 1 saturated heterocycles. The van der Waals surface area contributed by atoms with Gasteiger partial charge in [0.1, 0.15) is 0 Å². The van der Waals surface area contributed by atoms with Gasteiger partial charge in [0.05, 0.1) is 6.04 Å². The monoisotopic (exact) mass is 271 g/mol. The molecule has 1 aliphatic heterocycles. The number of amides is 3. The van der Waals surface area contributed by atoms with Gasteiger partial charge in [0.2, 0.25) is 5.91 Å². The van der Waals surface area contributed by atoms with Gasteiger partial charge >= 0.3 is 6.03 Å². The molecule has 2 atom stereocenters. The number of piperazine rings is 1. The number of hydrogen-bond donors (Lipinski definition) is 3. The minimum atomic E-state index is -0.801. The Balaban J connectivity index is 2.44. The van der Waals surface area contributed by atoms with Crippen molar-refractivity contribution in [2.75, 3.05) is 32.7 Å². The topological polar surface area (TPSA) is 105 Å². The lowest BCUT2D eigenvalue weighted by atomic mass is 10.1. The van der Waals surface area contributed by atoms with Crippen molar-refractivity contribution in [2.45, 2.75) is 32.4 Å². The number of imide groups is 1. The summed E-state index contributed by atoms with van der Waals surface area (Å²) in [5.74, 6) is -0.341. The maximum atomic E-state index is 11.7. The number of nitrogens with one attached hydrogen (secondary N) is 1. The summed E-state index contributed by atoms with van der Waals surface area (Å²) in [5, 5.41) is 2.12. The number of carbonyl (C=O) groups is 2. The van der Waals surface area contributed by atoms with Crippen molar-refractivity contribution in [3.8, 4) is 0 Å². The van der Waals surface area contributed by atoms with Crippen molar-refractivity contribution >= 4 is 11.9 Å². The lowest BCUT2D eigenvalue weighted by Crippen LogP contribution is -2.57. The molecule has 110 valence electrons. The Hall–Kier alpha value is -1.18. The van der Waals surface area contributed by atoms with Gasteiger partial charge in [-0.15, -0.1) is 0 Å². The number of urea groups is 1. The molecule has 0 aromatic heterocycles. The van der Waals surface area contributed by atoms with Crippen LogP contribution >= 0.6 is 0 Å². The van der Waals surface area contributed by atoms with Crippen molar-refractivity contribution < 1.29 is 9.59 Å². The van der Waals surface area contributed by atoms with E-state index in [9.17, 15) is 9.59 Å². The van der Waals surface area contributed by atoms with Crippen LogP contribution in [0.1, 0.15) is 20.3 Å². The molecule has 1 heterocycles. The van der Waals surface area contributed by atoms with E-state index in [1.54, 1.807) is 6.92 Å². The minimum Gasteiger partial charge on any atom is -0.351 e. The molecule has 0 aromatic rings. The molecule has 19 heavy (non-hydrogen) atoms. The Morgan fingerprint density at radius 2 is 1.74 bits per heavy atom. The maximum Gasteiger partial charge on any atom is 0.318 e. The van der Waals surface area contributed by atoms with Gasteiger partial charge in [-0.25, -0.2) is 4.79 Å². The highest BCUT2D eigenvalue weighted by atomic mass is 16.2. The molecular weight excluding hydrogens is 246 g/mol. The second kappa shape index (κ2) is 7.42. The van der Waals surface area contributed by atoms with Crippen LogP contribution in [-0.4, -0.2) is 66.5 Å². The number of hydrogen-bond acceptors (Lipinski definition) is 5. The number of rotatable bonds is 5. The molecule has 1 fully saturated rings. The standard InChI is InChI=1S/C12H25N5O2/c1-3-10(8-13)17-6-4-16(5-7-17)9(2)11(18)15-12(14)19/h9-10H,3-8,13H2,1-2H3,(H3,14,15,18,19). The lowest BCUT2D eigenvalue weighted by Gasteiger charge is -2.40. The fourth-order valence-electron chi connectivity index (χ4n) is 2.46. The van der Waals surface area contributed by atoms with Crippen LogP contribution in [0.4, 0.5) is 4.79 Å². The van der Waals surface area contributed by atoms with E-state index in [1.165, 1.54) is 0 Å².